The Hall–Kier alpha value is -0.800. The molecule has 2 aromatic rings. The fourth-order valence-corrected chi connectivity index (χ4v) is 4.91. The first-order valence-electron chi connectivity index (χ1n) is 8.72. The molecule has 0 bridgehead atoms. The molecule has 2 nitrogen and oxygen atoms in total. The van der Waals surface area contributed by atoms with Crippen molar-refractivity contribution in [2.75, 3.05) is 0 Å². The largest absolute Gasteiger partial charge is 0.505 e. The third-order valence-corrected chi connectivity index (χ3v) is 6.50. The maximum atomic E-state index is 9.97. The van der Waals surface area contributed by atoms with Crippen molar-refractivity contribution in [2.24, 2.45) is 0 Å². The summed E-state index contributed by atoms with van der Waals surface area (Å²) in [5.41, 5.74) is 1.50. The fourth-order valence-electron chi connectivity index (χ4n) is 3.94. The third kappa shape index (κ3) is 3.75. The van der Waals surface area contributed by atoms with E-state index in [4.69, 9.17) is 46.4 Å². The van der Waals surface area contributed by atoms with Crippen molar-refractivity contribution in [3.63, 3.8) is 0 Å². The number of hydrogen-bond donors (Lipinski definition) is 2. The molecule has 0 unspecified atom stereocenters. The van der Waals surface area contributed by atoms with Crippen LogP contribution >= 0.6 is 46.4 Å². The molecule has 0 radical (unpaired) electrons. The number of phenols is 2. The van der Waals surface area contributed by atoms with Crippen LogP contribution < -0.4 is 0 Å². The Morgan fingerprint density at radius 1 is 0.577 bits per heavy atom. The molecule has 0 aromatic heterocycles. The maximum Gasteiger partial charge on any atom is 0.152 e. The molecule has 2 aromatic carbocycles. The highest BCUT2D eigenvalue weighted by Crippen LogP contribution is 2.49. The van der Waals surface area contributed by atoms with E-state index in [1.54, 1.807) is 24.3 Å². The summed E-state index contributed by atoms with van der Waals surface area (Å²) in [5, 5.41) is 20.8. The van der Waals surface area contributed by atoms with Gasteiger partial charge in [-0.15, -0.1) is 0 Å². The maximum absolute atomic E-state index is 9.97. The number of aromatic hydroxyl groups is 2. The summed E-state index contributed by atoms with van der Waals surface area (Å²) in [7, 11) is 0. The van der Waals surface area contributed by atoms with Gasteiger partial charge in [0.2, 0.25) is 0 Å². The van der Waals surface area contributed by atoms with Gasteiger partial charge in [-0.25, -0.2) is 0 Å². The second-order valence-corrected chi connectivity index (χ2v) is 8.56. The monoisotopic (exact) mass is 432 g/mol. The highest BCUT2D eigenvalue weighted by Gasteiger charge is 2.36. The van der Waals surface area contributed by atoms with Crippen molar-refractivity contribution >= 4 is 46.4 Å². The number of rotatable bonds is 2. The lowest BCUT2D eigenvalue weighted by atomic mass is 9.67. The van der Waals surface area contributed by atoms with Crippen LogP contribution in [0.1, 0.15) is 56.1 Å². The SMILES string of the molecule is Oc1c(Cl)cc(C2(c3cc(Cl)c(O)c(Cl)c3)CCCCCCC2)cc1Cl. The van der Waals surface area contributed by atoms with E-state index in [0.29, 0.717) is 0 Å². The lowest BCUT2D eigenvalue weighted by Gasteiger charge is -2.37. The van der Waals surface area contributed by atoms with Gasteiger partial charge in [-0.3, -0.25) is 0 Å². The molecule has 0 saturated heterocycles. The molecule has 3 rings (SSSR count). The Bertz CT molecular complexity index is 706. The predicted octanol–water partition coefficient (Wildman–Crippen LogP) is 7.74. The van der Waals surface area contributed by atoms with E-state index in [0.717, 1.165) is 49.7 Å². The second-order valence-electron chi connectivity index (χ2n) is 6.93. The van der Waals surface area contributed by atoms with E-state index >= 15 is 0 Å². The molecule has 0 atom stereocenters. The zero-order valence-corrected chi connectivity index (χ0v) is 17.2. The zero-order chi connectivity index (χ0) is 18.9. The van der Waals surface area contributed by atoms with Crippen molar-refractivity contribution in [3.05, 3.63) is 55.5 Å². The average molecular weight is 434 g/mol. The van der Waals surface area contributed by atoms with Gasteiger partial charge in [-0.1, -0.05) is 78.5 Å². The van der Waals surface area contributed by atoms with Crippen molar-refractivity contribution in [3.8, 4) is 11.5 Å². The highest BCUT2D eigenvalue weighted by molar-refractivity contribution is 6.37. The van der Waals surface area contributed by atoms with Crippen molar-refractivity contribution in [1.29, 1.82) is 0 Å². The summed E-state index contributed by atoms with van der Waals surface area (Å²) < 4.78 is 0. The van der Waals surface area contributed by atoms with Crippen LogP contribution in [-0.4, -0.2) is 10.2 Å². The van der Waals surface area contributed by atoms with Crippen LogP contribution in [-0.2, 0) is 5.41 Å². The first-order chi connectivity index (χ1) is 12.3. The zero-order valence-electron chi connectivity index (χ0n) is 14.2. The van der Waals surface area contributed by atoms with Gasteiger partial charge in [0.1, 0.15) is 0 Å². The first-order valence-corrected chi connectivity index (χ1v) is 10.2. The molecule has 26 heavy (non-hydrogen) atoms. The minimum Gasteiger partial charge on any atom is -0.505 e. The summed E-state index contributed by atoms with van der Waals surface area (Å²) in [6.07, 6.45) is 7.41. The molecule has 0 aliphatic heterocycles. The van der Waals surface area contributed by atoms with Crippen LogP contribution in [0.5, 0.6) is 11.5 Å². The molecule has 0 spiro atoms. The van der Waals surface area contributed by atoms with Gasteiger partial charge in [-0.05, 0) is 48.2 Å². The van der Waals surface area contributed by atoms with Crippen LogP contribution in [0.25, 0.3) is 0 Å². The van der Waals surface area contributed by atoms with Gasteiger partial charge in [0.05, 0.1) is 20.1 Å². The van der Waals surface area contributed by atoms with Gasteiger partial charge < -0.3 is 10.2 Å². The summed E-state index contributed by atoms with van der Waals surface area (Å²) in [5.74, 6) is -0.223. The molecule has 0 amide bonds. The molecular weight excluding hydrogens is 414 g/mol. The summed E-state index contributed by atoms with van der Waals surface area (Å²) in [4.78, 5) is 0. The Morgan fingerprint density at radius 3 is 1.23 bits per heavy atom. The fraction of sp³-hybridized carbons (Fsp3) is 0.400. The van der Waals surface area contributed by atoms with E-state index < -0.39 is 0 Å². The summed E-state index contributed by atoms with van der Waals surface area (Å²) >= 11 is 24.9. The molecule has 1 aliphatic carbocycles. The van der Waals surface area contributed by atoms with E-state index in [1.807, 2.05) is 0 Å². The molecule has 1 fully saturated rings. The minimum atomic E-state index is -0.373. The molecule has 1 aliphatic rings. The molecule has 1 saturated carbocycles. The lowest BCUT2D eigenvalue weighted by molar-refractivity contribution is 0.365. The molecule has 6 heteroatoms. The molecule has 2 N–H and O–H groups in total. The third-order valence-electron chi connectivity index (χ3n) is 5.35. The van der Waals surface area contributed by atoms with E-state index in [1.165, 1.54) is 6.42 Å². The topological polar surface area (TPSA) is 40.5 Å². The van der Waals surface area contributed by atoms with Crippen molar-refractivity contribution in [1.82, 2.24) is 0 Å². The van der Waals surface area contributed by atoms with Crippen LogP contribution in [0, 0.1) is 0 Å². The average Bonchev–Trinajstić information content (AvgIpc) is 2.57. The highest BCUT2D eigenvalue weighted by atomic mass is 35.5. The van der Waals surface area contributed by atoms with Crippen LogP contribution in [0.3, 0.4) is 0 Å². The number of hydrogen-bond acceptors (Lipinski definition) is 2. The first kappa shape index (κ1) is 19.9. The van der Waals surface area contributed by atoms with Gasteiger partial charge in [0.15, 0.2) is 11.5 Å². The van der Waals surface area contributed by atoms with Crippen molar-refractivity contribution in [2.45, 2.75) is 50.4 Å². The molecule has 0 heterocycles. The summed E-state index contributed by atoms with van der Waals surface area (Å²) in [6, 6.07) is 7.11. The van der Waals surface area contributed by atoms with Crippen LogP contribution in [0.2, 0.25) is 20.1 Å². The Morgan fingerprint density at radius 2 is 0.885 bits per heavy atom. The van der Waals surface area contributed by atoms with E-state index in [2.05, 4.69) is 0 Å². The van der Waals surface area contributed by atoms with Crippen LogP contribution in [0.4, 0.5) is 0 Å². The smallest absolute Gasteiger partial charge is 0.152 e. The predicted molar refractivity (Wildman–Crippen MR) is 109 cm³/mol. The standard InChI is InChI=1S/C20H20Cl4O2/c21-14-8-12(9-15(22)18(14)25)20(6-4-2-1-3-5-7-20)13-10-16(23)19(26)17(24)11-13/h8-11,25-26H,1-7H2. The Balaban J connectivity index is 2.23. The normalized spacial score (nSPS) is 17.5. The number of benzene rings is 2. The quantitative estimate of drug-likeness (QED) is 0.508. The van der Waals surface area contributed by atoms with Gasteiger partial charge in [-0.2, -0.15) is 0 Å². The molecular formula is C20H20Cl4O2. The Labute approximate surface area is 173 Å². The Kier molecular flexibility index (Phi) is 6.18. The van der Waals surface area contributed by atoms with E-state index in [9.17, 15) is 10.2 Å². The number of halogens is 4. The van der Waals surface area contributed by atoms with E-state index in [-0.39, 0.29) is 37.0 Å². The lowest BCUT2D eigenvalue weighted by Crippen LogP contribution is -2.29. The van der Waals surface area contributed by atoms with Gasteiger partial charge in [0, 0.05) is 5.41 Å². The van der Waals surface area contributed by atoms with Gasteiger partial charge in [0.25, 0.3) is 0 Å². The van der Waals surface area contributed by atoms with Crippen molar-refractivity contribution < 1.29 is 10.2 Å². The van der Waals surface area contributed by atoms with Gasteiger partial charge >= 0.3 is 0 Å². The number of phenolic OH excluding ortho intramolecular Hbond substituents is 2. The van der Waals surface area contributed by atoms with Crippen LogP contribution in [0.15, 0.2) is 24.3 Å². The second kappa shape index (κ2) is 8.06. The minimum absolute atomic E-state index is 0.111. The molecule has 140 valence electrons. The summed E-state index contributed by atoms with van der Waals surface area (Å²) in [6.45, 7) is 0.